The minimum Gasteiger partial charge on any atom is -0.508 e. The number of sulfone groups is 1. The summed E-state index contributed by atoms with van der Waals surface area (Å²) in [7, 11) is -3.57. The zero-order valence-corrected chi connectivity index (χ0v) is 11.2. The maximum Gasteiger partial charge on any atom is 0.231 e. The molecular weight excluding hydrogens is 266 g/mol. The standard InChI is InChI=1S/C13H15NO4S/c15-9-3-4-10-11(7-9)19(17,18)8-13(12(16)14-10)5-1-2-6-13/h3-4,7,15H,1-2,5-6,8H2,(H,14,16). The highest BCUT2D eigenvalue weighted by Gasteiger charge is 2.47. The van der Waals surface area contributed by atoms with Gasteiger partial charge in [0, 0.05) is 6.07 Å². The van der Waals surface area contributed by atoms with Gasteiger partial charge in [-0.05, 0) is 25.0 Å². The summed E-state index contributed by atoms with van der Waals surface area (Å²) < 4.78 is 24.9. The van der Waals surface area contributed by atoms with Crippen molar-refractivity contribution < 1.29 is 18.3 Å². The summed E-state index contributed by atoms with van der Waals surface area (Å²) in [4.78, 5) is 12.4. The van der Waals surface area contributed by atoms with Crippen molar-refractivity contribution in [3.8, 4) is 5.75 Å². The Bertz CT molecular complexity index is 645. The van der Waals surface area contributed by atoms with E-state index >= 15 is 0 Å². The number of hydrogen-bond acceptors (Lipinski definition) is 4. The van der Waals surface area contributed by atoms with Gasteiger partial charge < -0.3 is 10.4 Å². The van der Waals surface area contributed by atoms with Crippen molar-refractivity contribution in [2.75, 3.05) is 11.1 Å². The van der Waals surface area contributed by atoms with Crippen molar-refractivity contribution in [1.82, 2.24) is 0 Å². The van der Waals surface area contributed by atoms with E-state index in [0.29, 0.717) is 12.8 Å². The molecule has 0 aromatic heterocycles. The topological polar surface area (TPSA) is 83.5 Å². The third-order valence-electron chi connectivity index (χ3n) is 4.06. The molecule has 5 nitrogen and oxygen atoms in total. The minimum atomic E-state index is -3.57. The normalized spacial score (nSPS) is 23.7. The molecule has 1 amide bonds. The van der Waals surface area contributed by atoms with E-state index in [2.05, 4.69) is 5.32 Å². The lowest BCUT2D eigenvalue weighted by Crippen LogP contribution is -2.37. The van der Waals surface area contributed by atoms with Gasteiger partial charge in [-0.25, -0.2) is 8.42 Å². The number of aromatic hydroxyl groups is 1. The number of rotatable bonds is 0. The Morgan fingerprint density at radius 1 is 1.21 bits per heavy atom. The van der Waals surface area contributed by atoms with Crippen molar-refractivity contribution in [3.63, 3.8) is 0 Å². The molecule has 1 aliphatic carbocycles. The van der Waals surface area contributed by atoms with Crippen LogP contribution in [-0.2, 0) is 14.6 Å². The number of phenolic OH excluding ortho intramolecular Hbond substituents is 1. The largest absolute Gasteiger partial charge is 0.508 e. The highest BCUT2D eigenvalue weighted by molar-refractivity contribution is 7.91. The average molecular weight is 281 g/mol. The van der Waals surface area contributed by atoms with Crippen molar-refractivity contribution in [3.05, 3.63) is 18.2 Å². The number of anilines is 1. The van der Waals surface area contributed by atoms with Gasteiger partial charge in [0.15, 0.2) is 9.84 Å². The summed E-state index contributed by atoms with van der Waals surface area (Å²) in [5.41, 5.74) is -0.528. The molecule has 102 valence electrons. The van der Waals surface area contributed by atoms with Crippen LogP contribution in [-0.4, -0.2) is 25.2 Å². The van der Waals surface area contributed by atoms with Crippen molar-refractivity contribution in [1.29, 1.82) is 0 Å². The molecule has 0 unspecified atom stereocenters. The summed E-state index contributed by atoms with van der Waals surface area (Å²) in [5, 5.41) is 12.2. The van der Waals surface area contributed by atoms with Gasteiger partial charge in [-0.1, -0.05) is 12.8 Å². The van der Waals surface area contributed by atoms with E-state index in [-0.39, 0.29) is 28.0 Å². The second kappa shape index (κ2) is 3.96. The monoisotopic (exact) mass is 281 g/mol. The first-order valence-corrected chi connectivity index (χ1v) is 7.95. The molecule has 0 radical (unpaired) electrons. The number of amides is 1. The SMILES string of the molecule is O=C1Nc2ccc(O)cc2S(=O)(=O)CC12CCCC2. The first kappa shape index (κ1) is 12.5. The zero-order chi connectivity index (χ0) is 13.7. The molecule has 0 saturated heterocycles. The molecular formula is C13H15NO4S. The number of carbonyl (C=O) groups excluding carboxylic acids is 1. The highest BCUT2D eigenvalue weighted by Crippen LogP contribution is 2.44. The van der Waals surface area contributed by atoms with Gasteiger partial charge in [0.05, 0.1) is 21.8 Å². The summed E-state index contributed by atoms with van der Waals surface area (Å²) in [6, 6.07) is 4.02. The molecule has 2 aliphatic rings. The van der Waals surface area contributed by atoms with E-state index in [1.165, 1.54) is 18.2 Å². The number of hydrogen-bond donors (Lipinski definition) is 2. The van der Waals surface area contributed by atoms with Crippen LogP contribution in [0.25, 0.3) is 0 Å². The fraction of sp³-hybridized carbons (Fsp3) is 0.462. The van der Waals surface area contributed by atoms with Crippen LogP contribution in [0, 0.1) is 5.41 Å². The first-order valence-electron chi connectivity index (χ1n) is 6.30. The molecule has 6 heteroatoms. The molecule has 1 aromatic carbocycles. The predicted molar refractivity (Wildman–Crippen MR) is 69.7 cm³/mol. The average Bonchev–Trinajstić information content (AvgIpc) is 2.77. The van der Waals surface area contributed by atoms with E-state index in [1.807, 2.05) is 0 Å². The molecule has 1 aromatic rings. The summed E-state index contributed by atoms with van der Waals surface area (Å²) in [5.74, 6) is -0.487. The van der Waals surface area contributed by atoms with Crippen molar-refractivity contribution >= 4 is 21.4 Å². The lowest BCUT2D eigenvalue weighted by molar-refractivity contribution is -0.124. The zero-order valence-electron chi connectivity index (χ0n) is 10.3. The van der Waals surface area contributed by atoms with Gasteiger partial charge in [0.2, 0.25) is 5.91 Å². The van der Waals surface area contributed by atoms with Crippen LogP contribution in [0.15, 0.2) is 23.1 Å². The predicted octanol–water partition coefficient (Wildman–Crippen LogP) is 1.68. The van der Waals surface area contributed by atoms with E-state index in [9.17, 15) is 18.3 Å². The van der Waals surface area contributed by atoms with Crippen LogP contribution in [0.2, 0.25) is 0 Å². The first-order chi connectivity index (χ1) is 8.93. The van der Waals surface area contributed by atoms with Crippen LogP contribution in [0.1, 0.15) is 25.7 Å². The lowest BCUT2D eigenvalue weighted by Gasteiger charge is -2.23. The molecule has 2 N–H and O–H groups in total. The molecule has 1 aliphatic heterocycles. The van der Waals surface area contributed by atoms with Gasteiger partial charge in [-0.2, -0.15) is 0 Å². The number of carbonyl (C=O) groups is 1. The summed E-state index contributed by atoms with van der Waals surface area (Å²) >= 11 is 0. The quantitative estimate of drug-likeness (QED) is 0.709. The van der Waals surface area contributed by atoms with E-state index in [0.717, 1.165) is 12.8 Å². The molecule has 1 saturated carbocycles. The van der Waals surface area contributed by atoms with Crippen molar-refractivity contribution in [2.45, 2.75) is 30.6 Å². The lowest BCUT2D eigenvalue weighted by atomic mass is 9.87. The van der Waals surface area contributed by atoms with Crippen LogP contribution in [0.3, 0.4) is 0 Å². The number of fused-ring (bicyclic) bond motifs is 1. The second-order valence-electron chi connectivity index (χ2n) is 5.38. The molecule has 0 bridgehead atoms. The number of phenols is 1. The van der Waals surface area contributed by atoms with E-state index < -0.39 is 15.3 Å². The Labute approximate surface area is 111 Å². The third-order valence-corrected chi connectivity index (χ3v) is 6.00. The Balaban J connectivity index is 2.16. The molecule has 3 rings (SSSR count). The minimum absolute atomic E-state index is 0.0182. The Morgan fingerprint density at radius 3 is 2.58 bits per heavy atom. The van der Waals surface area contributed by atoms with Crippen molar-refractivity contribution in [2.24, 2.45) is 5.41 Å². The fourth-order valence-corrected chi connectivity index (χ4v) is 5.11. The molecule has 1 heterocycles. The maximum absolute atomic E-state index is 12.4. The molecule has 1 spiro atoms. The van der Waals surface area contributed by atoms with Crippen LogP contribution >= 0.6 is 0 Å². The Kier molecular flexibility index (Phi) is 2.60. The molecule has 0 atom stereocenters. The Hall–Kier alpha value is -1.56. The molecule has 1 fully saturated rings. The van der Waals surface area contributed by atoms with Crippen LogP contribution < -0.4 is 5.32 Å². The van der Waals surface area contributed by atoms with Crippen LogP contribution in [0.4, 0.5) is 5.69 Å². The van der Waals surface area contributed by atoms with Crippen LogP contribution in [0.5, 0.6) is 5.75 Å². The number of benzene rings is 1. The highest BCUT2D eigenvalue weighted by atomic mass is 32.2. The molecule has 19 heavy (non-hydrogen) atoms. The second-order valence-corrected chi connectivity index (χ2v) is 7.34. The van der Waals surface area contributed by atoms with Gasteiger partial charge in [-0.3, -0.25) is 4.79 Å². The maximum atomic E-state index is 12.4. The number of nitrogens with one attached hydrogen (secondary N) is 1. The van der Waals surface area contributed by atoms with E-state index in [4.69, 9.17) is 0 Å². The van der Waals surface area contributed by atoms with Gasteiger partial charge >= 0.3 is 0 Å². The van der Waals surface area contributed by atoms with Gasteiger partial charge in [0.1, 0.15) is 5.75 Å². The third kappa shape index (κ3) is 1.90. The van der Waals surface area contributed by atoms with Gasteiger partial charge in [0.25, 0.3) is 0 Å². The summed E-state index contributed by atoms with van der Waals surface area (Å²) in [6.45, 7) is 0. The smallest absolute Gasteiger partial charge is 0.231 e. The summed E-state index contributed by atoms with van der Waals surface area (Å²) in [6.07, 6.45) is 2.98. The Morgan fingerprint density at radius 2 is 1.89 bits per heavy atom. The van der Waals surface area contributed by atoms with Gasteiger partial charge in [-0.15, -0.1) is 0 Å². The van der Waals surface area contributed by atoms with E-state index in [1.54, 1.807) is 0 Å². The fourth-order valence-electron chi connectivity index (χ4n) is 3.06.